The lowest BCUT2D eigenvalue weighted by molar-refractivity contribution is -0.137. The van der Waals surface area contributed by atoms with Gasteiger partial charge in [-0.1, -0.05) is 48.5 Å². The second kappa shape index (κ2) is 8.04. The number of halogens is 3. The highest BCUT2D eigenvalue weighted by molar-refractivity contribution is 5.86. The number of benzene rings is 3. The molecule has 0 radical (unpaired) electrons. The van der Waals surface area contributed by atoms with Crippen LogP contribution in [0.1, 0.15) is 30.4 Å². The molecule has 2 heterocycles. The van der Waals surface area contributed by atoms with Crippen LogP contribution in [-0.2, 0) is 6.18 Å². The molecular formula is C26H24F3NO. The zero-order valence-electron chi connectivity index (χ0n) is 17.1. The lowest BCUT2D eigenvalue weighted by Gasteiger charge is -2.34. The number of hydrogen-bond donors (Lipinski definition) is 0. The summed E-state index contributed by atoms with van der Waals surface area (Å²) >= 11 is 0. The Kier molecular flexibility index (Phi) is 5.22. The van der Waals surface area contributed by atoms with Crippen molar-refractivity contribution in [3.8, 4) is 5.75 Å². The van der Waals surface area contributed by atoms with Gasteiger partial charge in [0.05, 0.1) is 5.56 Å². The maximum atomic E-state index is 12.9. The van der Waals surface area contributed by atoms with E-state index in [2.05, 4.69) is 53.4 Å². The van der Waals surface area contributed by atoms with Gasteiger partial charge in [0.25, 0.3) is 0 Å². The van der Waals surface area contributed by atoms with Crippen molar-refractivity contribution >= 4 is 16.3 Å². The molecule has 0 spiro atoms. The largest absolute Gasteiger partial charge is 0.492 e. The molecule has 2 atom stereocenters. The smallest absolute Gasteiger partial charge is 0.416 e. The molecule has 1 saturated heterocycles. The van der Waals surface area contributed by atoms with Gasteiger partial charge in [0.1, 0.15) is 12.4 Å². The van der Waals surface area contributed by atoms with Crippen LogP contribution in [0.3, 0.4) is 0 Å². The van der Waals surface area contributed by atoms with Crippen LogP contribution >= 0.6 is 0 Å². The molecule has 0 N–H and O–H groups in total. The maximum Gasteiger partial charge on any atom is 0.416 e. The van der Waals surface area contributed by atoms with E-state index >= 15 is 0 Å². The molecule has 2 nitrogen and oxygen atoms in total. The van der Waals surface area contributed by atoms with Crippen LogP contribution in [0.2, 0.25) is 0 Å². The van der Waals surface area contributed by atoms with E-state index in [1.54, 1.807) is 6.07 Å². The van der Waals surface area contributed by atoms with Crippen LogP contribution in [0.25, 0.3) is 16.3 Å². The molecule has 3 aromatic rings. The molecule has 2 aliphatic rings. The summed E-state index contributed by atoms with van der Waals surface area (Å²) in [7, 11) is 0. The molecule has 0 aromatic heterocycles. The summed E-state index contributed by atoms with van der Waals surface area (Å²) in [6.45, 7) is 1.10. The van der Waals surface area contributed by atoms with Crippen LogP contribution in [-0.4, -0.2) is 30.1 Å². The van der Waals surface area contributed by atoms with E-state index in [9.17, 15) is 13.2 Å². The van der Waals surface area contributed by atoms with Crippen LogP contribution in [0.5, 0.6) is 5.75 Å². The SMILES string of the molecule is FC(F)(F)c1cccc(OCCN2C3C=C(c4ccc5ccccc5c4)CC2CC3)c1. The number of hydrogen-bond acceptors (Lipinski definition) is 2. The van der Waals surface area contributed by atoms with Crippen molar-refractivity contribution in [1.29, 1.82) is 0 Å². The van der Waals surface area contributed by atoms with Gasteiger partial charge in [0.15, 0.2) is 0 Å². The van der Waals surface area contributed by atoms with Gasteiger partial charge in [0.2, 0.25) is 0 Å². The van der Waals surface area contributed by atoms with E-state index in [4.69, 9.17) is 4.74 Å². The summed E-state index contributed by atoms with van der Waals surface area (Å²) in [6, 6.07) is 21.0. The van der Waals surface area contributed by atoms with Gasteiger partial charge in [0, 0.05) is 18.6 Å². The minimum atomic E-state index is -4.35. The first kappa shape index (κ1) is 20.1. The lowest BCUT2D eigenvalue weighted by Crippen LogP contribution is -2.40. The van der Waals surface area contributed by atoms with E-state index in [0.29, 0.717) is 25.2 Å². The van der Waals surface area contributed by atoms with E-state index < -0.39 is 11.7 Å². The molecular weight excluding hydrogens is 399 g/mol. The highest BCUT2D eigenvalue weighted by atomic mass is 19.4. The summed E-state index contributed by atoms with van der Waals surface area (Å²) < 4.78 is 44.3. The molecule has 0 saturated carbocycles. The topological polar surface area (TPSA) is 12.5 Å². The Morgan fingerprint density at radius 3 is 2.55 bits per heavy atom. The van der Waals surface area contributed by atoms with Crippen molar-refractivity contribution in [2.24, 2.45) is 0 Å². The third-order valence-electron chi connectivity index (χ3n) is 6.44. The number of alkyl halides is 3. The van der Waals surface area contributed by atoms with Crippen LogP contribution in [0, 0.1) is 0 Å². The van der Waals surface area contributed by atoms with Crippen molar-refractivity contribution in [3.05, 3.63) is 83.9 Å². The Hall–Kier alpha value is -2.79. The summed E-state index contributed by atoms with van der Waals surface area (Å²) in [4.78, 5) is 2.44. The standard InChI is InChI=1S/C26H24F3NO/c27-26(28,29)22-6-3-7-25(17-22)31-13-12-30-23-10-11-24(30)16-21(15-23)20-9-8-18-4-1-2-5-19(18)14-20/h1-9,14-15,17,23-24H,10-13,16H2. The monoisotopic (exact) mass is 423 g/mol. The van der Waals surface area contributed by atoms with Gasteiger partial charge in [-0.15, -0.1) is 0 Å². The van der Waals surface area contributed by atoms with Crippen molar-refractivity contribution in [3.63, 3.8) is 0 Å². The van der Waals surface area contributed by atoms with Gasteiger partial charge >= 0.3 is 6.18 Å². The first-order chi connectivity index (χ1) is 15.0. The Morgan fingerprint density at radius 1 is 0.903 bits per heavy atom. The van der Waals surface area contributed by atoms with E-state index in [1.807, 2.05) is 0 Å². The maximum absolute atomic E-state index is 12.9. The zero-order valence-corrected chi connectivity index (χ0v) is 17.1. The molecule has 2 aliphatic heterocycles. The molecule has 0 aliphatic carbocycles. The average Bonchev–Trinajstić information content (AvgIpc) is 3.00. The van der Waals surface area contributed by atoms with E-state index in [1.165, 1.54) is 28.0 Å². The summed E-state index contributed by atoms with van der Waals surface area (Å²) in [5.41, 5.74) is 2.01. The van der Waals surface area contributed by atoms with E-state index in [-0.39, 0.29) is 5.75 Å². The Labute approximate surface area is 179 Å². The second-order valence-electron chi connectivity index (χ2n) is 8.37. The minimum Gasteiger partial charge on any atom is -0.492 e. The number of rotatable bonds is 5. The van der Waals surface area contributed by atoms with Gasteiger partial charge in [-0.05, 0) is 65.4 Å². The van der Waals surface area contributed by atoms with E-state index in [0.717, 1.165) is 31.4 Å². The van der Waals surface area contributed by atoms with Gasteiger partial charge < -0.3 is 4.74 Å². The number of nitrogens with zero attached hydrogens (tertiary/aromatic N) is 1. The summed E-state index contributed by atoms with van der Waals surface area (Å²) in [5.74, 6) is 0.270. The fourth-order valence-electron chi connectivity index (χ4n) is 4.90. The van der Waals surface area contributed by atoms with Gasteiger partial charge in [-0.25, -0.2) is 0 Å². The van der Waals surface area contributed by atoms with Crippen LogP contribution in [0.15, 0.2) is 72.8 Å². The summed E-state index contributed by atoms with van der Waals surface area (Å²) in [5, 5.41) is 2.50. The fourth-order valence-corrected chi connectivity index (χ4v) is 4.90. The Morgan fingerprint density at radius 2 is 1.74 bits per heavy atom. The molecule has 5 heteroatoms. The third kappa shape index (κ3) is 4.19. The first-order valence-corrected chi connectivity index (χ1v) is 10.7. The molecule has 2 bridgehead atoms. The number of ether oxygens (including phenoxy) is 1. The molecule has 5 rings (SSSR count). The third-order valence-corrected chi connectivity index (χ3v) is 6.44. The quantitative estimate of drug-likeness (QED) is 0.461. The van der Waals surface area contributed by atoms with Crippen molar-refractivity contribution < 1.29 is 17.9 Å². The highest BCUT2D eigenvalue weighted by Gasteiger charge is 2.36. The van der Waals surface area contributed by atoms with Crippen LogP contribution < -0.4 is 4.74 Å². The Balaban J connectivity index is 1.25. The molecule has 160 valence electrons. The van der Waals surface area contributed by atoms with Gasteiger partial charge in [-0.2, -0.15) is 13.2 Å². The van der Waals surface area contributed by atoms with Crippen LogP contribution in [0.4, 0.5) is 13.2 Å². The summed E-state index contributed by atoms with van der Waals surface area (Å²) in [6.07, 6.45) is 1.28. The predicted octanol–water partition coefficient (Wildman–Crippen LogP) is 6.56. The molecule has 1 fully saturated rings. The molecule has 2 unspecified atom stereocenters. The fraction of sp³-hybridized carbons (Fsp3) is 0.308. The molecule has 0 amide bonds. The Bertz CT molecular complexity index is 1120. The number of fused-ring (bicyclic) bond motifs is 3. The molecule has 3 aromatic carbocycles. The first-order valence-electron chi connectivity index (χ1n) is 10.7. The lowest BCUT2D eigenvalue weighted by atomic mass is 9.93. The highest BCUT2D eigenvalue weighted by Crippen LogP contribution is 2.39. The van der Waals surface area contributed by atoms with Gasteiger partial charge in [-0.3, -0.25) is 4.90 Å². The van der Waals surface area contributed by atoms with Crippen molar-refractivity contribution in [2.75, 3.05) is 13.2 Å². The van der Waals surface area contributed by atoms with Crippen molar-refractivity contribution in [2.45, 2.75) is 37.5 Å². The normalized spacial score (nSPS) is 21.3. The second-order valence-corrected chi connectivity index (χ2v) is 8.37. The molecule has 31 heavy (non-hydrogen) atoms. The minimum absolute atomic E-state index is 0.270. The average molecular weight is 423 g/mol. The zero-order chi connectivity index (χ0) is 21.4. The van der Waals surface area contributed by atoms with Crippen molar-refractivity contribution in [1.82, 2.24) is 4.90 Å². The predicted molar refractivity (Wildman–Crippen MR) is 117 cm³/mol.